The zero-order valence-corrected chi connectivity index (χ0v) is 26.4. The molecule has 5 nitrogen and oxygen atoms in total. The fraction of sp³-hybridized carbons (Fsp3) is 0.0698. The van der Waals surface area contributed by atoms with E-state index in [4.69, 9.17) is 8.83 Å². The second-order valence-corrected chi connectivity index (χ2v) is 13.1. The molecule has 5 aromatic carbocycles. The lowest BCUT2D eigenvalue weighted by Crippen LogP contribution is -2.17. The second-order valence-electron chi connectivity index (χ2n) is 13.1. The van der Waals surface area contributed by atoms with Gasteiger partial charge >= 0.3 is 0 Å². The molecule has 9 aromatic rings. The van der Waals surface area contributed by atoms with Crippen LogP contribution in [0.2, 0.25) is 0 Å². The molecule has 5 heteroatoms. The van der Waals surface area contributed by atoms with Crippen molar-refractivity contribution in [3.8, 4) is 22.3 Å². The van der Waals surface area contributed by atoms with Crippen LogP contribution in [0.4, 0.5) is 17.1 Å². The molecule has 0 saturated heterocycles. The summed E-state index contributed by atoms with van der Waals surface area (Å²) in [6.07, 6.45) is 7.31. The molecular weight excluding hydrogens is 590 g/mol. The number of hydrogen-bond donors (Lipinski definition) is 0. The summed E-state index contributed by atoms with van der Waals surface area (Å²) in [6.45, 7) is 4.67. The van der Waals surface area contributed by atoms with E-state index in [0.29, 0.717) is 0 Å². The van der Waals surface area contributed by atoms with Gasteiger partial charge in [0.25, 0.3) is 0 Å². The number of furan rings is 2. The Morgan fingerprint density at radius 1 is 0.500 bits per heavy atom. The highest BCUT2D eigenvalue weighted by molar-refractivity contribution is 6.08. The lowest BCUT2D eigenvalue weighted by molar-refractivity contribution is 0.660. The van der Waals surface area contributed by atoms with E-state index in [2.05, 4.69) is 132 Å². The maximum absolute atomic E-state index is 6.23. The van der Waals surface area contributed by atoms with Crippen molar-refractivity contribution in [1.82, 2.24) is 9.97 Å². The SMILES string of the molecule is CC1(C)c2ccccc2-c2cc(-c3ccccc3)c(N(c3ccc4oc5ccncc5c4c3)c3ccc4oc5ccncc5c4c3)cc21. The third-order valence-electron chi connectivity index (χ3n) is 10.1. The van der Waals surface area contributed by atoms with Gasteiger partial charge in [-0.05, 0) is 88.5 Å². The van der Waals surface area contributed by atoms with Crippen molar-refractivity contribution >= 4 is 60.9 Å². The van der Waals surface area contributed by atoms with Crippen molar-refractivity contribution in [2.75, 3.05) is 4.90 Å². The Bertz CT molecular complexity index is 2610. The fourth-order valence-electron chi connectivity index (χ4n) is 7.69. The van der Waals surface area contributed by atoms with Gasteiger partial charge in [-0.3, -0.25) is 9.97 Å². The number of rotatable bonds is 4. The molecule has 1 aliphatic carbocycles. The Hall–Kier alpha value is -6.20. The van der Waals surface area contributed by atoms with Gasteiger partial charge in [0.05, 0.1) is 5.69 Å². The molecule has 0 radical (unpaired) electrons. The van der Waals surface area contributed by atoms with Crippen LogP contribution in [0.3, 0.4) is 0 Å². The molecule has 0 fully saturated rings. The predicted octanol–water partition coefficient (Wildman–Crippen LogP) is 11.7. The number of fused-ring (bicyclic) bond motifs is 9. The van der Waals surface area contributed by atoms with Crippen molar-refractivity contribution in [3.05, 3.63) is 151 Å². The highest BCUT2D eigenvalue weighted by atomic mass is 16.3. The largest absolute Gasteiger partial charge is 0.456 e. The van der Waals surface area contributed by atoms with E-state index in [1.54, 1.807) is 12.4 Å². The van der Waals surface area contributed by atoms with E-state index >= 15 is 0 Å². The lowest BCUT2D eigenvalue weighted by atomic mass is 9.81. The van der Waals surface area contributed by atoms with E-state index in [0.717, 1.165) is 72.1 Å². The number of anilines is 3. The summed E-state index contributed by atoms with van der Waals surface area (Å²) in [5.41, 5.74) is 13.8. The number of hydrogen-bond acceptors (Lipinski definition) is 5. The Labute approximate surface area is 276 Å². The monoisotopic (exact) mass is 619 g/mol. The molecule has 0 amide bonds. The summed E-state index contributed by atoms with van der Waals surface area (Å²) >= 11 is 0. The van der Waals surface area contributed by atoms with Crippen molar-refractivity contribution in [2.45, 2.75) is 19.3 Å². The number of benzene rings is 5. The molecule has 0 N–H and O–H groups in total. The van der Waals surface area contributed by atoms with Crippen LogP contribution < -0.4 is 4.90 Å². The molecule has 0 saturated carbocycles. The first-order valence-corrected chi connectivity index (χ1v) is 16.2. The van der Waals surface area contributed by atoms with Gasteiger partial charge in [0, 0.05) is 68.7 Å². The van der Waals surface area contributed by atoms with E-state index in [1.807, 2.05) is 24.5 Å². The lowest BCUT2D eigenvalue weighted by Gasteiger charge is -2.30. The minimum Gasteiger partial charge on any atom is -0.456 e. The van der Waals surface area contributed by atoms with Crippen LogP contribution in [0.1, 0.15) is 25.0 Å². The quantitative estimate of drug-likeness (QED) is 0.196. The Morgan fingerprint density at radius 3 is 1.73 bits per heavy atom. The van der Waals surface area contributed by atoms with Crippen LogP contribution in [-0.4, -0.2) is 9.97 Å². The summed E-state index contributed by atoms with van der Waals surface area (Å²) < 4.78 is 12.5. The minimum absolute atomic E-state index is 0.172. The van der Waals surface area contributed by atoms with E-state index < -0.39 is 0 Å². The molecule has 1 aliphatic rings. The molecule has 0 atom stereocenters. The predicted molar refractivity (Wildman–Crippen MR) is 194 cm³/mol. The van der Waals surface area contributed by atoms with E-state index in [9.17, 15) is 0 Å². The average molecular weight is 620 g/mol. The van der Waals surface area contributed by atoms with Crippen molar-refractivity contribution in [2.24, 2.45) is 0 Å². The van der Waals surface area contributed by atoms with Crippen molar-refractivity contribution < 1.29 is 8.83 Å². The van der Waals surface area contributed by atoms with Crippen LogP contribution in [0.25, 0.3) is 66.1 Å². The molecule has 0 spiro atoms. The highest BCUT2D eigenvalue weighted by Gasteiger charge is 2.37. The second kappa shape index (κ2) is 9.90. The fourth-order valence-corrected chi connectivity index (χ4v) is 7.69. The normalized spacial score (nSPS) is 13.4. The maximum Gasteiger partial charge on any atom is 0.138 e. The molecule has 0 unspecified atom stereocenters. The van der Waals surface area contributed by atoms with Crippen LogP contribution in [0, 0.1) is 0 Å². The first-order chi connectivity index (χ1) is 23.5. The van der Waals surface area contributed by atoms with Gasteiger partial charge in [0.1, 0.15) is 22.3 Å². The Balaban J connectivity index is 1.30. The van der Waals surface area contributed by atoms with E-state index in [1.165, 1.54) is 22.3 Å². The number of aromatic nitrogens is 2. The maximum atomic E-state index is 6.23. The zero-order chi connectivity index (χ0) is 32.0. The number of nitrogens with zero attached hydrogens (tertiary/aromatic N) is 3. The molecule has 4 aromatic heterocycles. The smallest absolute Gasteiger partial charge is 0.138 e. The van der Waals surface area contributed by atoms with Gasteiger partial charge in [-0.2, -0.15) is 0 Å². The molecule has 10 rings (SSSR count). The molecule has 0 bridgehead atoms. The zero-order valence-electron chi connectivity index (χ0n) is 26.4. The van der Waals surface area contributed by atoms with Crippen LogP contribution >= 0.6 is 0 Å². The summed E-state index contributed by atoms with van der Waals surface area (Å²) in [4.78, 5) is 11.2. The van der Waals surface area contributed by atoms with Gasteiger partial charge in [0.2, 0.25) is 0 Å². The highest BCUT2D eigenvalue weighted by Crippen LogP contribution is 2.54. The molecule has 48 heavy (non-hydrogen) atoms. The standard InChI is InChI=1S/C43H29N3O2/c1-43(2)36-11-7-6-10-29(36)31-22-30(26-8-4-3-5-9-26)38(23-37(31)43)46(27-12-14-39-32(20-27)34-24-44-18-16-41(34)47-39)28-13-15-40-33(21-28)35-25-45-19-17-42(35)48-40/h3-25H,1-2H3. The van der Waals surface area contributed by atoms with Gasteiger partial charge in [-0.25, -0.2) is 0 Å². The first kappa shape index (κ1) is 27.0. The molecule has 228 valence electrons. The van der Waals surface area contributed by atoms with Crippen molar-refractivity contribution in [1.29, 1.82) is 0 Å². The Kier molecular flexibility index (Phi) is 5.56. The van der Waals surface area contributed by atoms with Gasteiger partial charge in [-0.15, -0.1) is 0 Å². The van der Waals surface area contributed by atoms with E-state index in [-0.39, 0.29) is 5.41 Å². The van der Waals surface area contributed by atoms with Crippen LogP contribution in [-0.2, 0) is 5.41 Å². The third-order valence-corrected chi connectivity index (χ3v) is 10.1. The van der Waals surface area contributed by atoms with Crippen LogP contribution in [0.15, 0.2) is 149 Å². The van der Waals surface area contributed by atoms with Gasteiger partial charge in [0.15, 0.2) is 0 Å². The van der Waals surface area contributed by atoms with Crippen molar-refractivity contribution in [3.63, 3.8) is 0 Å². The van der Waals surface area contributed by atoms with Crippen LogP contribution in [0.5, 0.6) is 0 Å². The third kappa shape index (κ3) is 3.85. The number of pyridine rings is 2. The molecular formula is C43H29N3O2. The van der Waals surface area contributed by atoms with Gasteiger partial charge in [-0.1, -0.05) is 68.4 Å². The average Bonchev–Trinajstić information content (AvgIpc) is 3.76. The summed E-state index contributed by atoms with van der Waals surface area (Å²) in [6, 6.07) is 41.1. The minimum atomic E-state index is -0.172. The summed E-state index contributed by atoms with van der Waals surface area (Å²) in [5.74, 6) is 0. The summed E-state index contributed by atoms with van der Waals surface area (Å²) in [5, 5.41) is 4.03. The topological polar surface area (TPSA) is 55.3 Å². The molecule has 4 heterocycles. The Morgan fingerprint density at radius 2 is 1.08 bits per heavy atom. The van der Waals surface area contributed by atoms with Gasteiger partial charge < -0.3 is 13.7 Å². The molecule has 0 aliphatic heterocycles. The first-order valence-electron chi connectivity index (χ1n) is 16.2. The summed E-state index contributed by atoms with van der Waals surface area (Å²) in [7, 11) is 0.